The Morgan fingerprint density at radius 1 is 1.31 bits per heavy atom. The minimum absolute atomic E-state index is 0.0194. The Kier molecular flexibility index (Phi) is 7.17. The molecule has 1 atom stereocenters. The number of aromatic nitrogens is 2. The maximum absolute atomic E-state index is 14.0. The highest BCUT2D eigenvalue weighted by molar-refractivity contribution is 5.75. The van der Waals surface area contributed by atoms with Gasteiger partial charge in [0.05, 0.1) is 23.8 Å². The van der Waals surface area contributed by atoms with Crippen LogP contribution in [0, 0.1) is 5.82 Å². The van der Waals surface area contributed by atoms with Crippen LogP contribution in [0.4, 0.5) is 28.3 Å². The lowest BCUT2D eigenvalue weighted by molar-refractivity contribution is -0.140. The smallest absolute Gasteiger partial charge is 0.396 e. The first-order valence-electron chi connectivity index (χ1n) is 10.2. The van der Waals surface area contributed by atoms with Crippen molar-refractivity contribution < 1.29 is 27.5 Å². The van der Waals surface area contributed by atoms with E-state index in [9.17, 15) is 27.5 Å². The van der Waals surface area contributed by atoms with E-state index in [-0.39, 0.29) is 31.2 Å². The molecule has 0 saturated carbocycles. The molecule has 2 amide bonds. The summed E-state index contributed by atoms with van der Waals surface area (Å²) < 4.78 is 52.5. The summed E-state index contributed by atoms with van der Waals surface area (Å²) in [6.07, 6.45) is -2.53. The number of hydrogen-bond donors (Lipinski definition) is 3. The highest BCUT2D eigenvalue weighted by Crippen LogP contribution is 2.33. The number of aliphatic hydroxyl groups is 1. The van der Waals surface area contributed by atoms with E-state index in [0.29, 0.717) is 30.7 Å². The third-order valence-corrected chi connectivity index (χ3v) is 5.07. The van der Waals surface area contributed by atoms with Crippen molar-refractivity contribution in [2.24, 2.45) is 0 Å². The number of anilines is 1. The van der Waals surface area contributed by atoms with Gasteiger partial charge in [0.2, 0.25) is 5.95 Å². The third-order valence-electron chi connectivity index (χ3n) is 5.07. The molecule has 1 aromatic heterocycles. The molecule has 1 aliphatic rings. The fourth-order valence-corrected chi connectivity index (χ4v) is 3.47. The minimum atomic E-state index is -4.81. The summed E-state index contributed by atoms with van der Waals surface area (Å²) in [4.78, 5) is 23.1. The molecule has 32 heavy (non-hydrogen) atoms. The average Bonchev–Trinajstić information content (AvgIpc) is 2.71. The maximum atomic E-state index is 14.0. The van der Waals surface area contributed by atoms with Crippen molar-refractivity contribution in [1.82, 2.24) is 20.2 Å². The van der Waals surface area contributed by atoms with Gasteiger partial charge < -0.3 is 20.6 Å². The van der Waals surface area contributed by atoms with Crippen molar-refractivity contribution >= 4 is 12.0 Å². The molecule has 0 fully saturated rings. The number of benzene rings is 1. The topological polar surface area (TPSA) is 90.4 Å². The van der Waals surface area contributed by atoms with Gasteiger partial charge in [-0.1, -0.05) is 6.07 Å². The lowest BCUT2D eigenvalue weighted by atomic mass is 10.0. The Balaban J connectivity index is 1.74. The number of carbonyl (C=O) groups is 1. The normalized spacial score (nSPS) is 14.8. The summed E-state index contributed by atoms with van der Waals surface area (Å²) >= 11 is 0. The van der Waals surface area contributed by atoms with Crippen LogP contribution in [-0.2, 0) is 19.1 Å². The van der Waals surface area contributed by atoms with Crippen LogP contribution in [-0.4, -0.2) is 45.2 Å². The molecular formula is C21H25F4N5O2. The first-order chi connectivity index (χ1) is 15.1. The van der Waals surface area contributed by atoms with E-state index >= 15 is 0 Å². The number of fused-ring (bicyclic) bond motifs is 1. The molecule has 2 heterocycles. The second-order valence-corrected chi connectivity index (χ2v) is 7.89. The van der Waals surface area contributed by atoms with Crippen LogP contribution in [0.1, 0.15) is 48.7 Å². The molecule has 3 rings (SSSR count). The van der Waals surface area contributed by atoms with Gasteiger partial charge in [-0.05, 0) is 49.9 Å². The number of halogens is 4. The molecule has 0 saturated heterocycles. The second kappa shape index (κ2) is 9.68. The third kappa shape index (κ3) is 5.64. The Bertz CT molecular complexity index is 968. The molecule has 2 aromatic rings. The van der Waals surface area contributed by atoms with Gasteiger partial charge in [0.25, 0.3) is 0 Å². The van der Waals surface area contributed by atoms with Crippen molar-refractivity contribution in [3.05, 3.63) is 52.6 Å². The number of nitrogens with zero attached hydrogens (tertiary/aromatic N) is 3. The fourth-order valence-electron chi connectivity index (χ4n) is 3.47. The highest BCUT2D eigenvalue weighted by Gasteiger charge is 2.34. The lowest BCUT2D eigenvalue weighted by Crippen LogP contribution is -2.44. The van der Waals surface area contributed by atoms with Crippen LogP contribution in [0.3, 0.4) is 0 Å². The van der Waals surface area contributed by atoms with Gasteiger partial charge in [-0.2, -0.15) is 13.2 Å². The van der Waals surface area contributed by atoms with Crippen molar-refractivity contribution in [2.75, 3.05) is 18.5 Å². The van der Waals surface area contributed by atoms with E-state index in [4.69, 9.17) is 0 Å². The minimum Gasteiger partial charge on any atom is -0.396 e. The number of carbonyl (C=O) groups excluding carboxylic acids is 1. The summed E-state index contributed by atoms with van der Waals surface area (Å²) in [6.45, 7) is 4.19. The zero-order valence-corrected chi connectivity index (χ0v) is 17.7. The SMILES string of the molecule is CC(C)Nc1ncc2c(n1)CN(C(=O)N[C@@H](CCO)c1ccc(C(F)(F)F)c(F)c1)CC2. The zero-order valence-electron chi connectivity index (χ0n) is 17.7. The molecule has 7 nitrogen and oxygen atoms in total. The van der Waals surface area contributed by atoms with Gasteiger partial charge in [0.1, 0.15) is 5.82 Å². The predicted octanol–water partition coefficient (Wildman–Crippen LogP) is 3.65. The molecule has 0 radical (unpaired) electrons. The zero-order chi connectivity index (χ0) is 23.5. The summed E-state index contributed by atoms with van der Waals surface area (Å²) in [7, 11) is 0. The molecule has 3 N–H and O–H groups in total. The summed E-state index contributed by atoms with van der Waals surface area (Å²) in [6, 6.07) is 1.29. The Morgan fingerprint density at radius 3 is 2.69 bits per heavy atom. The molecule has 1 aliphatic heterocycles. The van der Waals surface area contributed by atoms with Crippen molar-refractivity contribution in [2.45, 2.75) is 51.5 Å². The van der Waals surface area contributed by atoms with E-state index in [0.717, 1.165) is 17.7 Å². The molecular weight excluding hydrogens is 430 g/mol. The number of amides is 2. The van der Waals surface area contributed by atoms with E-state index in [1.54, 1.807) is 6.20 Å². The standard InChI is InChI=1S/C21H25F4N5O2/c1-12(2)27-19-26-10-14-5-7-30(11-18(14)28-19)20(32)29-17(6-8-31)13-3-4-15(16(22)9-13)21(23,24)25/h3-4,9-10,12,17,31H,5-8,11H2,1-2H3,(H,29,32)(H,26,27,28)/t17-/m0/s1. The van der Waals surface area contributed by atoms with Crippen molar-refractivity contribution in [1.29, 1.82) is 0 Å². The number of aliphatic hydroxyl groups excluding tert-OH is 1. The van der Waals surface area contributed by atoms with E-state index in [1.165, 1.54) is 4.90 Å². The molecule has 1 aromatic carbocycles. The molecule has 0 bridgehead atoms. The number of urea groups is 1. The maximum Gasteiger partial charge on any atom is 0.419 e. The predicted molar refractivity (Wildman–Crippen MR) is 109 cm³/mol. The van der Waals surface area contributed by atoms with Gasteiger partial charge in [-0.25, -0.2) is 19.2 Å². The molecule has 0 aliphatic carbocycles. The molecule has 0 spiro atoms. The first kappa shape index (κ1) is 23.7. The van der Waals surface area contributed by atoms with Gasteiger partial charge in [0.15, 0.2) is 0 Å². The van der Waals surface area contributed by atoms with E-state index in [1.807, 2.05) is 13.8 Å². The van der Waals surface area contributed by atoms with E-state index < -0.39 is 29.6 Å². The molecule has 11 heteroatoms. The van der Waals surface area contributed by atoms with Gasteiger partial charge in [-0.15, -0.1) is 0 Å². The lowest BCUT2D eigenvalue weighted by Gasteiger charge is -2.30. The average molecular weight is 455 g/mol. The van der Waals surface area contributed by atoms with Crippen LogP contribution >= 0.6 is 0 Å². The number of nitrogens with one attached hydrogen (secondary N) is 2. The van der Waals surface area contributed by atoms with Gasteiger partial charge in [0, 0.05) is 25.4 Å². The van der Waals surface area contributed by atoms with Gasteiger partial charge in [-0.3, -0.25) is 0 Å². The Hall–Kier alpha value is -2.95. The van der Waals surface area contributed by atoms with Crippen molar-refractivity contribution in [3.63, 3.8) is 0 Å². The summed E-state index contributed by atoms with van der Waals surface area (Å²) in [5, 5.41) is 15.1. The first-order valence-corrected chi connectivity index (χ1v) is 10.2. The number of hydrogen-bond acceptors (Lipinski definition) is 5. The van der Waals surface area contributed by atoms with Gasteiger partial charge >= 0.3 is 12.2 Å². The van der Waals surface area contributed by atoms with Crippen LogP contribution in [0.5, 0.6) is 0 Å². The number of alkyl halides is 3. The van der Waals surface area contributed by atoms with Crippen LogP contribution in [0.25, 0.3) is 0 Å². The Morgan fingerprint density at radius 2 is 2.06 bits per heavy atom. The molecule has 0 unspecified atom stereocenters. The fraction of sp³-hybridized carbons (Fsp3) is 0.476. The summed E-state index contributed by atoms with van der Waals surface area (Å²) in [5.41, 5.74) is 0.387. The largest absolute Gasteiger partial charge is 0.419 e. The second-order valence-electron chi connectivity index (χ2n) is 7.89. The van der Waals surface area contributed by atoms with Crippen LogP contribution in [0.15, 0.2) is 24.4 Å². The quantitative estimate of drug-likeness (QED) is 0.579. The van der Waals surface area contributed by atoms with E-state index in [2.05, 4.69) is 20.6 Å². The van der Waals surface area contributed by atoms with Crippen LogP contribution < -0.4 is 10.6 Å². The molecule has 174 valence electrons. The Labute approximate surface area is 182 Å². The van der Waals surface area contributed by atoms with Crippen LogP contribution in [0.2, 0.25) is 0 Å². The van der Waals surface area contributed by atoms with Crippen molar-refractivity contribution in [3.8, 4) is 0 Å². The summed E-state index contributed by atoms with van der Waals surface area (Å²) in [5.74, 6) is -0.972. The number of rotatable bonds is 6. The monoisotopic (exact) mass is 455 g/mol. The highest BCUT2D eigenvalue weighted by atomic mass is 19.4.